The Hall–Kier alpha value is -4.93. The van der Waals surface area contributed by atoms with Crippen LogP contribution in [0.4, 0.5) is 5.69 Å². The lowest BCUT2D eigenvalue weighted by molar-refractivity contribution is -0.384. The first-order valence-electron chi connectivity index (χ1n) is 13.8. The van der Waals surface area contributed by atoms with Gasteiger partial charge in [0.15, 0.2) is 16.3 Å². The van der Waals surface area contributed by atoms with E-state index in [1.807, 2.05) is 30.3 Å². The van der Waals surface area contributed by atoms with Crippen LogP contribution in [-0.2, 0) is 6.42 Å². The molecule has 0 fully saturated rings. The average molecular weight is 626 g/mol. The molecule has 0 radical (unpaired) electrons. The molecule has 220 valence electrons. The second-order valence-corrected chi connectivity index (χ2v) is 11.8. The molecule has 9 nitrogen and oxygen atoms in total. The van der Waals surface area contributed by atoms with Crippen LogP contribution < -0.4 is 24.4 Å². The van der Waals surface area contributed by atoms with E-state index in [0.29, 0.717) is 37.9 Å². The highest BCUT2D eigenvalue weighted by Gasteiger charge is 2.33. The SMILES string of the molecule is COc1ccc([C@H]2C3=C(N=c4s/c(=C/c5ccc(-c6ccc(Cl)c([N+](=O)[O-])c6)o5)c(=O)n42)c2ccccc2CC3)cc1OC. The third-order valence-corrected chi connectivity index (χ3v) is 9.23. The summed E-state index contributed by atoms with van der Waals surface area (Å²) in [7, 11) is 3.18. The van der Waals surface area contributed by atoms with Crippen LogP contribution in [-0.4, -0.2) is 23.7 Å². The average Bonchev–Trinajstić information content (AvgIpc) is 3.63. The molecule has 0 N–H and O–H groups in total. The van der Waals surface area contributed by atoms with E-state index in [4.69, 9.17) is 30.5 Å². The van der Waals surface area contributed by atoms with Crippen LogP contribution in [0.1, 0.15) is 34.9 Å². The van der Waals surface area contributed by atoms with Gasteiger partial charge in [0, 0.05) is 23.3 Å². The number of aromatic nitrogens is 1. The highest BCUT2D eigenvalue weighted by molar-refractivity contribution is 7.07. The maximum absolute atomic E-state index is 14.1. The van der Waals surface area contributed by atoms with Crippen molar-refractivity contribution >= 4 is 40.4 Å². The molecule has 44 heavy (non-hydrogen) atoms. The fourth-order valence-electron chi connectivity index (χ4n) is 5.87. The molecule has 0 spiro atoms. The van der Waals surface area contributed by atoms with Gasteiger partial charge in [0.2, 0.25) is 0 Å². The summed E-state index contributed by atoms with van der Waals surface area (Å²) in [6, 6.07) is 21.5. The van der Waals surface area contributed by atoms with Crippen LogP contribution in [0, 0.1) is 10.1 Å². The van der Waals surface area contributed by atoms with E-state index in [1.54, 1.807) is 43.1 Å². The molecule has 0 saturated carbocycles. The smallest absolute Gasteiger partial charge is 0.288 e. The number of furan rings is 1. The number of fused-ring (bicyclic) bond motifs is 3. The van der Waals surface area contributed by atoms with E-state index in [2.05, 4.69) is 12.1 Å². The normalized spacial score (nSPS) is 15.7. The highest BCUT2D eigenvalue weighted by Crippen LogP contribution is 2.43. The van der Waals surface area contributed by atoms with Crippen molar-refractivity contribution in [2.75, 3.05) is 14.2 Å². The summed E-state index contributed by atoms with van der Waals surface area (Å²) >= 11 is 7.27. The van der Waals surface area contributed by atoms with Crippen LogP contribution in [0.25, 0.3) is 23.1 Å². The zero-order valence-electron chi connectivity index (χ0n) is 23.6. The Labute approximate surface area is 259 Å². The van der Waals surface area contributed by atoms with E-state index >= 15 is 0 Å². The first-order chi connectivity index (χ1) is 21.4. The maximum Gasteiger partial charge on any atom is 0.288 e. The lowest BCUT2D eigenvalue weighted by atomic mass is 9.83. The summed E-state index contributed by atoms with van der Waals surface area (Å²) in [5.74, 6) is 2.03. The lowest BCUT2D eigenvalue weighted by Crippen LogP contribution is -2.38. The predicted octanol–water partition coefficient (Wildman–Crippen LogP) is 6.16. The molecule has 0 bridgehead atoms. The number of nitro groups is 1. The number of hydrogen-bond donors (Lipinski definition) is 0. The Bertz CT molecular complexity index is 2200. The van der Waals surface area contributed by atoms with Crippen molar-refractivity contribution in [1.29, 1.82) is 0 Å². The topological polar surface area (TPSA) is 109 Å². The minimum absolute atomic E-state index is 0.0426. The van der Waals surface area contributed by atoms with Gasteiger partial charge in [-0.05, 0) is 65.9 Å². The number of methoxy groups -OCH3 is 2. The molecular weight excluding hydrogens is 602 g/mol. The van der Waals surface area contributed by atoms with Crippen molar-refractivity contribution < 1.29 is 18.8 Å². The van der Waals surface area contributed by atoms with Crippen LogP contribution in [0.2, 0.25) is 5.02 Å². The standard InChI is InChI=1S/C33H24ClN3O6S/c1-41-27-13-9-20(16-28(27)42-2)31-23-11-7-18-5-3-4-6-22(18)30(23)35-33-36(31)32(38)29(44-33)17-21-10-14-26(43-21)19-8-12-24(34)25(15-19)37(39)40/h3-6,8-10,12-17,31H,7,11H2,1-2H3/b29-17+/t31-/m0/s1. The number of nitrogens with zero attached hydrogens (tertiary/aromatic N) is 3. The number of thiazole rings is 1. The minimum Gasteiger partial charge on any atom is -0.493 e. The van der Waals surface area contributed by atoms with Crippen LogP contribution >= 0.6 is 22.9 Å². The van der Waals surface area contributed by atoms with E-state index < -0.39 is 11.0 Å². The molecule has 1 aliphatic heterocycles. The van der Waals surface area contributed by atoms with Gasteiger partial charge in [-0.25, -0.2) is 4.99 Å². The fraction of sp³-hybridized carbons (Fsp3) is 0.152. The van der Waals surface area contributed by atoms with Gasteiger partial charge in [-0.2, -0.15) is 0 Å². The third-order valence-electron chi connectivity index (χ3n) is 7.92. The van der Waals surface area contributed by atoms with Gasteiger partial charge in [0.25, 0.3) is 11.2 Å². The molecule has 0 unspecified atom stereocenters. The molecule has 1 atom stereocenters. The minimum atomic E-state index is -0.538. The zero-order valence-corrected chi connectivity index (χ0v) is 25.1. The zero-order chi connectivity index (χ0) is 30.5. The molecule has 3 heterocycles. The van der Waals surface area contributed by atoms with Crippen molar-refractivity contribution in [2.24, 2.45) is 4.99 Å². The van der Waals surface area contributed by atoms with Crippen molar-refractivity contribution in [2.45, 2.75) is 18.9 Å². The Morgan fingerprint density at radius 2 is 1.86 bits per heavy atom. The Kier molecular flexibility index (Phi) is 6.95. The fourth-order valence-corrected chi connectivity index (χ4v) is 7.03. The molecule has 7 rings (SSSR count). The van der Waals surface area contributed by atoms with Gasteiger partial charge < -0.3 is 13.9 Å². The third kappa shape index (κ3) is 4.63. The number of nitro benzene ring substituents is 1. The number of rotatable bonds is 6. The van der Waals surface area contributed by atoms with Crippen LogP contribution in [0.3, 0.4) is 0 Å². The van der Waals surface area contributed by atoms with Crippen molar-refractivity contribution in [3.05, 3.63) is 136 Å². The second kappa shape index (κ2) is 11.0. The van der Waals surface area contributed by atoms with Gasteiger partial charge in [0.1, 0.15) is 16.5 Å². The summed E-state index contributed by atoms with van der Waals surface area (Å²) in [6.07, 6.45) is 3.28. The Morgan fingerprint density at radius 1 is 1.05 bits per heavy atom. The summed E-state index contributed by atoms with van der Waals surface area (Å²) in [5, 5.41) is 11.4. The van der Waals surface area contributed by atoms with Crippen LogP contribution in [0.5, 0.6) is 11.5 Å². The molecule has 3 aromatic carbocycles. The Morgan fingerprint density at radius 3 is 2.66 bits per heavy atom. The number of ether oxygens (including phenoxy) is 2. The molecule has 1 aliphatic carbocycles. The van der Waals surface area contributed by atoms with E-state index in [9.17, 15) is 14.9 Å². The van der Waals surface area contributed by atoms with Gasteiger partial charge >= 0.3 is 0 Å². The molecule has 0 saturated heterocycles. The molecule has 0 amide bonds. The number of halogens is 1. The maximum atomic E-state index is 14.1. The summed E-state index contributed by atoms with van der Waals surface area (Å²) < 4.78 is 19.3. The Balaban J connectivity index is 1.38. The van der Waals surface area contributed by atoms with E-state index in [1.165, 1.54) is 29.0 Å². The summed E-state index contributed by atoms with van der Waals surface area (Å²) in [6.45, 7) is 0. The first-order valence-corrected chi connectivity index (χ1v) is 14.9. The summed E-state index contributed by atoms with van der Waals surface area (Å²) in [4.78, 5) is 30.6. The monoisotopic (exact) mass is 625 g/mol. The van der Waals surface area contributed by atoms with E-state index in [0.717, 1.165) is 35.2 Å². The lowest BCUT2D eigenvalue weighted by Gasteiger charge is -2.31. The number of allylic oxidation sites excluding steroid dienone is 1. The number of hydrogen-bond acceptors (Lipinski definition) is 8. The van der Waals surface area contributed by atoms with Crippen molar-refractivity contribution in [3.63, 3.8) is 0 Å². The van der Waals surface area contributed by atoms with Crippen LogP contribution in [0.15, 0.2) is 92.6 Å². The summed E-state index contributed by atoms with van der Waals surface area (Å²) in [5.41, 5.74) is 5.25. The second-order valence-electron chi connectivity index (χ2n) is 10.4. The number of benzene rings is 3. The van der Waals surface area contributed by atoms with Gasteiger partial charge in [-0.15, -0.1) is 0 Å². The molecular formula is C33H24ClN3O6S. The quantitative estimate of drug-likeness (QED) is 0.165. The van der Waals surface area contributed by atoms with Gasteiger partial charge in [0.05, 0.1) is 35.4 Å². The molecule has 2 aromatic heterocycles. The van der Waals surface area contributed by atoms with Crippen molar-refractivity contribution in [1.82, 2.24) is 4.57 Å². The van der Waals surface area contributed by atoms with Gasteiger partial charge in [-0.3, -0.25) is 19.5 Å². The predicted molar refractivity (Wildman–Crippen MR) is 168 cm³/mol. The van der Waals surface area contributed by atoms with E-state index in [-0.39, 0.29) is 16.3 Å². The highest BCUT2D eigenvalue weighted by atomic mass is 35.5. The molecule has 2 aliphatic rings. The molecule has 5 aromatic rings. The van der Waals surface area contributed by atoms with Crippen molar-refractivity contribution in [3.8, 4) is 22.8 Å². The van der Waals surface area contributed by atoms with Gasteiger partial charge in [-0.1, -0.05) is 53.3 Å². The molecule has 11 heteroatoms. The largest absolute Gasteiger partial charge is 0.493 e. The first kappa shape index (κ1) is 27.9. The number of aryl methyl sites for hydroxylation is 1.